The molecule has 0 fully saturated rings. The van der Waals surface area contributed by atoms with Gasteiger partial charge in [0.05, 0.1) is 23.9 Å². The molecule has 3 N–H and O–H groups in total. The lowest BCUT2D eigenvalue weighted by molar-refractivity contribution is 0.0865. The Morgan fingerprint density at radius 2 is 2.38 bits per heavy atom. The fraction of sp³-hybridized carbons (Fsp3) is 0.364. The number of aliphatic hydroxyl groups excluding tert-OH is 1. The molecule has 0 spiro atoms. The summed E-state index contributed by atoms with van der Waals surface area (Å²) in [6.07, 6.45) is 1.56. The molecule has 16 heavy (non-hydrogen) atoms. The molecule has 0 unspecified atom stereocenters. The standard InChI is InChI=1S/C11H14N2O3/c1-11(2,6-14)13-10(15)8-5-9-7(12-8)3-4-16-9/h3-5,12,14H,6H2,1-2H3,(H,13,15). The van der Waals surface area contributed by atoms with Gasteiger partial charge in [-0.1, -0.05) is 0 Å². The lowest BCUT2D eigenvalue weighted by Gasteiger charge is -2.22. The molecule has 1 amide bonds. The van der Waals surface area contributed by atoms with Crippen molar-refractivity contribution in [3.8, 4) is 0 Å². The third-order valence-electron chi connectivity index (χ3n) is 2.33. The van der Waals surface area contributed by atoms with Crippen LogP contribution in [0.4, 0.5) is 0 Å². The van der Waals surface area contributed by atoms with Gasteiger partial charge in [0, 0.05) is 12.1 Å². The number of furan rings is 1. The molecule has 0 saturated carbocycles. The molecule has 0 aliphatic heterocycles. The summed E-state index contributed by atoms with van der Waals surface area (Å²) in [4.78, 5) is 14.7. The summed E-state index contributed by atoms with van der Waals surface area (Å²) in [6.45, 7) is 3.38. The van der Waals surface area contributed by atoms with Crippen molar-refractivity contribution < 1.29 is 14.3 Å². The number of carbonyl (C=O) groups excluding carboxylic acids is 1. The van der Waals surface area contributed by atoms with Gasteiger partial charge in [-0.05, 0) is 13.8 Å². The van der Waals surface area contributed by atoms with E-state index >= 15 is 0 Å². The second kappa shape index (κ2) is 3.68. The van der Waals surface area contributed by atoms with Gasteiger partial charge in [-0.2, -0.15) is 0 Å². The number of aromatic amines is 1. The van der Waals surface area contributed by atoms with Crippen molar-refractivity contribution in [3.05, 3.63) is 24.1 Å². The molecule has 0 aliphatic rings. The summed E-state index contributed by atoms with van der Waals surface area (Å²) in [7, 11) is 0. The predicted octanol–water partition coefficient (Wildman–Crippen LogP) is 1.26. The number of H-pyrrole nitrogens is 1. The van der Waals surface area contributed by atoms with Gasteiger partial charge < -0.3 is 19.8 Å². The van der Waals surface area contributed by atoms with Gasteiger partial charge in [0.1, 0.15) is 5.69 Å². The Morgan fingerprint density at radius 1 is 1.62 bits per heavy atom. The van der Waals surface area contributed by atoms with Crippen LogP contribution in [0.15, 0.2) is 22.8 Å². The first kappa shape index (κ1) is 10.8. The minimum absolute atomic E-state index is 0.116. The van der Waals surface area contributed by atoms with E-state index < -0.39 is 5.54 Å². The van der Waals surface area contributed by atoms with Crippen molar-refractivity contribution in [1.29, 1.82) is 0 Å². The van der Waals surface area contributed by atoms with Crippen LogP contribution in [-0.2, 0) is 0 Å². The number of carbonyl (C=O) groups is 1. The molecule has 86 valence electrons. The van der Waals surface area contributed by atoms with Gasteiger partial charge in [0.25, 0.3) is 5.91 Å². The molecule has 0 saturated heterocycles. The van der Waals surface area contributed by atoms with E-state index in [1.165, 1.54) is 0 Å². The number of hydrogen-bond donors (Lipinski definition) is 3. The molecular weight excluding hydrogens is 208 g/mol. The first-order valence-corrected chi connectivity index (χ1v) is 5.01. The highest BCUT2D eigenvalue weighted by atomic mass is 16.3. The highest BCUT2D eigenvalue weighted by Gasteiger charge is 2.21. The summed E-state index contributed by atoms with van der Waals surface area (Å²) in [5.74, 6) is -0.259. The van der Waals surface area contributed by atoms with Crippen molar-refractivity contribution in [1.82, 2.24) is 10.3 Å². The van der Waals surface area contributed by atoms with Gasteiger partial charge >= 0.3 is 0 Å². The van der Waals surface area contributed by atoms with E-state index in [-0.39, 0.29) is 12.5 Å². The fourth-order valence-corrected chi connectivity index (χ4v) is 1.38. The van der Waals surface area contributed by atoms with E-state index in [0.717, 1.165) is 5.52 Å². The highest BCUT2D eigenvalue weighted by Crippen LogP contribution is 2.16. The molecule has 0 bridgehead atoms. The van der Waals surface area contributed by atoms with Gasteiger partial charge in [-0.25, -0.2) is 0 Å². The molecule has 0 radical (unpaired) electrons. The summed E-state index contributed by atoms with van der Waals surface area (Å²) < 4.78 is 5.14. The maximum atomic E-state index is 11.8. The number of fused-ring (bicyclic) bond motifs is 1. The minimum atomic E-state index is -0.636. The number of amides is 1. The monoisotopic (exact) mass is 222 g/mol. The third kappa shape index (κ3) is 1.94. The Kier molecular flexibility index (Phi) is 2.47. The Hall–Kier alpha value is -1.75. The number of rotatable bonds is 3. The smallest absolute Gasteiger partial charge is 0.268 e. The minimum Gasteiger partial charge on any atom is -0.463 e. The van der Waals surface area contributed by atoms with E-state index in [1.54, 1.807) is 32.2 Å². The van der Waals surface area contributed by atoms with Crippen LogP contribution in [0.2, 0.25) is 0 Å². The predicted molar refractivity (Wildman–Crippen MR) is 59.2 cm³/mol. The summed E-state index contributed by atoms with van der Waals surface area (Å²) in [5.41, 5.74) is 1.22. The lowest BCUT2D eigenvalue weighted by Crippen LogP contribution is -2.46. The molecule has 2 aromatic heterocycles. The van der Waals surface area contributed by atoms with E-state index in [1.807, 2.05) is 0 Å². The molecular formula is C11H14N2O3. The molecule has 2 aromatic rings. The van der Waals surface area contributed by atoms with Gasteiger partial charge in [-0.3, -0.25) is 4.79 Å². The van der Waals surface area contributed by atoms with E-state index in [0.29, 0.717) is 11.3 Å². The third-order valence-corrected chi connectivity index (χ3v) is 2.33. The van der Waals surface area contributed by atoms with Crippen LogP contribution in [0.1, 0.15) is 24.3 Å². The summed E-state index contributed by atoms with van der Waals surface area (Å²) >= 11 is 0. The van der Waals surface area contributed by atoms with Crippen LogP contribution < -0.4 is 5.32 Å². The lowest BCUT2D eigenvalue weighted by atomic mass is 10.1. The van der Waals surface area contributed by atoms with Gasteiger partial charge in [0.15, 0.2) is 5.58 Å². The molecule has 0 aliphatic carbocycles. The van der Waals surface area contributed by atoms with Crippen LogP contribution in [-0.4, -0.2) is 28.1 Å². The molecule has 5 nitrogen and oxygen atoms in total. The molecule has 2 heterocycles. The van der Waals surface area contributed by atoms with Gasteiger partial charge in [-0.15, -0.1) is 0 Å². The Labute approximate surface area is 92.4 Å². The maximum absolute atomic E-state index is 11.8. The normalized spacial score (nSPS) is 11.9. The zero-order valence-electron chi connectivity index (χ0n) is 9.20. The van der Waals surface area contributed by atoms with E-state index in [2.05, 4.69) is 10.3 Å². The van der Waals surface area contributed by atoms with Crippen LogP contribution in [0.5, 0.6) is 0 Å². The molecule has 0 atom stereocenters. The molecule has 2 rings (SSSR count). The van der Waals surface area contributed by atoms with E-state index in [9.17, 15) is 4.79 Å². The van der Waals surface area contributed by atoms with Gasteiger partial charge in [0.2, 0.25) is 0 Å². The zero-order chi connectivity index (χ0) is 11.8. The number of aliphatic hydroxyl groups is 1. The zero-order valence-corrected chi connectivity index (χ0v) is 9.20. The quantitative estimate of drug-likeness (QED) is 0.731. The van der Waals surface area contributed by atoms with Crippen molar-refractivity contribution in [2.45, 2.75) is 19.4 Å². The van der Waals surface area contributed by atoms with Crippen molar-refractivity contribution in [3.63, 3.8) is 0 Å². The number of nitrogens with one attached hydrogen (secondary N) is 2. The van der Waals surface area contributed by atoms with E-state index in [4.69, 9.17) is 9.52 Å². The van der Waals surface area contributed by atoms with Crippen molar-refractivity contribution in [2.75, 3.05) is 6.61 Å². The average Bonchev–Trinajstić information content (AvgIpc) is 2.75. The number of aromatic nitrogens is 1. The highest BCUT2D eigenvalue weighted by molar-refractivity contribution is 5.97. The van der Waals surface area contributed by atoms with Crippen LogP contribution >= 0.6 is 0 Å². The summed E-state index contributed by atoms with van der Waals surface area (Å²) in [5, 5.41) is 11.8. The second-order valence-electron chi connectivity index (χ2n) is 4.38. The first-order valence-electron chi connectivity index (χ1n) is 5.01. The SMILES string of the molecule is CC(C)(CO)NC(=O)c1cc2occc2[nH]1. The first-order chi connectivity index (χ1) is 7.52. The maximum Gasteiger partial charge on any atom is 0.268 e. The van der Waals surface area contributed by atoms with Crippen LogP contribution in [0, 0.1) is 0 Å². The summed E-state index contributed by atoms with van der Waals surface area (Å²) in [6, 6.07) is 3.39. The molecule has 5 heteroatoms. The average molecular weight is 222 g/mol. The van der Waals surface area contributed by atoms with Crippen LogP contribution in [0.3, 0.4) is 0 Å². The Morgan fingerprint density at radius 3 is 3.00 bits per heavy atom. The second-order valence-corrected chi connectivity index (χ2v) is 4.38. The van der Waals surface area contributed by atoms with Crippen LogP contribution in [0.25, 0.3) is 11.1 Å². The fourth-order valence-electron chi connectivity index (χ4n) is 1.38. The topological polar surface area (TPSA) is 78.3 Å². The Bertz CT molecular complexity index is 482. The van der Waals surface area contributed by atoms with Crippen molar-refractivity contribution >= 4 is 17.0 Å². The van der Waals surface area contributed by atoms with Crippen molar-refractivity contribution in [2.24, 2.45) is 0 Å². The number of hydrogen-bond acceptors (Lipinski definition) is 3. The largest absolute Gasteiger partial charge is 0.463 e. The molecule has 0 aromatic carbocycles. The Balaban J connectivity index is 2.19.